The minimum Gasteiger partial charge on any atom is -0.391 e. The average Bonchev–Trinajstić information content (AvgIpc) is 3.35. The fraction of sp³-hybridized carbons (Fsp3) is 0.526. The third-order valence-corrected chi connectivity index (χ3v) is 5.35. The van der Waals surface area contributed by atoms with Crippen molar-refractivity contribution >= 4 is 11.6 Å². The molecular formula is C19H25N5O3. The maximum atomic E-state index is 12.0. The summed E-state index contributed by atoms with van der Waals surface area (Å²) in [4.78, 5) is 20.4. The van der Waals surface area contributed by atoms with Crippen molar-refractivity contribution in [1.29, 1.82) is 0 Å². The Balaban J connectivity index is 1.51. The lowest BCUT2D eigenvalue weighted by molar-refractivity contribution is -0.131. The monoisotopic (exact) mass is 371 g/mol. The second-order valence-electron chi connectivity index (χ2n) is 7.21. The van der Waals surface area contributed by atoms with Gasteiger partial charge in [0.15, 0.2) is 0 Å². The zero-order valence-corrected chi connectivity index (χ0v) is 15.3. The van der Waals surface area contributed by atoms with Crippen LogP contribution in [0.15, 0.2) is 28.8 Å². The first-order chi connectivity index (χ1) is 13.2. The predicted molar refractivity (Wildman–Crippen MR) is 99.9 cm³/mol. The summed E-state index contributed by atoms with van der Waals surface area (Å²) in [5.74, 6) is 0.586. The molecule has 27 heavy (non-hydrogen) atoms. The van der Waals surface area contributed by atoms with E-state index in [2.05, 4.69) is 27.2 Å². The van der Waals surface area contributed by atoms with Gasteiger partial charge in [-0.05, 0) is 43.5 Å². The highest BCUT2D eigenvalue weighted by Crippen LogP contribution is 2.32. The Morgan fingerprint density at radius 3 is 2.67 bits per heavy atom. The fourth-order valence-corrected chi connectivity index (χ4v) is 3.90. The Hall–Kier alpha value is -2.45. The zero-order valence-electron chi connectivity index (χ0n) is 15.3. The molecule has 2 saturated heterocycles. The summed E-state index contributed by atoms with van der Waals surface area (Å²) >= 11 is 0. The topological polar surface area (TPSA) is 109 Å². The molecule has 0 spiro atoms. The van der Waals surface area contributed by atoms with E-state index in [1.54, 1.807) is 0 Å². The first-order valence-electron chi connectivity index (χ1n) is 9.52. The van der Waals surface area contributed by atoms with Crippen LogP contribution in [0.1, 0.15) is 37.6 Å². The Bertz CT molecular complexity index is 785. The van der Waals surface area contributed by atoms with E-state index in [4.69, 9.17) is 10.3 Å². The summed E-state index contributed by atoms with van der Waals surface area (Å²) in [5, 5.41) is 14.0. The average molecular weight is 371 g/mol. The molecule has 2 aromatic rings. The van der Waals surface area contributed by atoms with Crippen molar-refractivity contribution in [3.63, 3.8) is 0 Å². The molecule has 4 rings (SSSR count). The molecule has 8 heteroatoms. The highest BCUT2D eigenvalue weighted by atomic mass is 16.5. The summed E-state index contributed by atoms with van der Waals surface area (Å²) < 4.78 is 5.41. The van der Waals surface area contributed by atoms with Crippen molar-refractivity contribution in [2.24, 2.45) is 5.73 Å². The van der Waals surface area contributed by atoms with Crippen LogP contribution >= 0.6 is 0 Å². The third kappa shape index (κ3) is 3.68. The number of β-amino-alcohol motifs (C(OH)–C–C–N with tert-alkyl or cyclic N) is 1. The van der Waals surface area contributed by atoms with Gasteiger partial charge in [-0.25, -0.2) is 0 Å². The number of nitrogens with zero attached hydrogens (tertiary/aromatic N) is 4. The van der Waals surface area contributed by atoms with E-state index in [1.807, 2.05) is 12.1 Å². The van der Waals surface area contributed by atoms with Gasteiger partial charge in [-0.2, -0.15) is 4.98 Å². The summed E-state index contributed by atoms with van der Waals surface area (Å²) in [6, 6.07) is 7.72. The van der Waals surface area contributed by atoms with Crippen LogP contribution in [0.25, 0.3) is 11.4 Å². The van der Waals surface area contributed by atoms with E-state index in [0.29, 0.717) is 18.1 Å². The summed E-state index contributed by atoms with van der Waals surface area (Å²) in [6.45, 7) is 2.33. The number of benzene rings is 1. The van der Waals surface area contributed by atoms with E-state index >= 15 is 0 Å². The number of carbonyl (C=O) groups is 1. The molecule has 2 aliphatic rings. The van der Waals surface area contributed by atoms with Crippen molar-refractivity contribution in [2.45, 2.75) is 37.8 Å². The number of piperidine rings is 1. The van der Waals surface area contributed by atoms with Crippen LogP contribution in [0, 0.1) is 0 Å². The maximum Gasteiger partial charge on any atom is 0.249 e. The van der Waals surface area contributed by atoms with Crippen molar-refractivity contribution < 1.29 is 14.4 Å². The molecule has 2 atom stereocenters. The Labute approximate surface area is 157 Å². The van der Waals surface area contributed by atoms with Crippen LogP contribution < -0.4 is 10.6 Å². The number of rotatable bonds is 4. The van der Waals surface area contributed by atoms with E-state index < -0.39 is 12.1 Å². The van der Waals surface area contributed by atoms with Gasteiger partial charge in [0.1, 0.15) is 6.04 Å². The quantitative estimate of drug-likeness (QED) is 0.834. The van der Waals surface area contributed by atoms with Crippen LogP contribution in [0.2, 0.25) is 0 Å². The van der Waals surface area contributed by atoms with Crippen LogP contribution in [-0.2, 0) is 4.79 Å². The smallest absolute Gasteiger partial charge is 0.249 e. The standard InChI is InChI=1S/C19H25N5O3/c20-11-17(26)24-12-15(25)10-16(24)19-21-18(22-27-19)13-4-6-14(7-5-13)23-8-2-1-3-9-23/h4-7,15-16,25H,1-3,8-12,20H2/t15-,16+/m1/s1. The molecule has 144 valence electrons. The molecule has 1 amide bonds. The largest absolute Gasteiger partial charge is 0.391 e. The molecular weight excluding hydrogens is 346 g/mol. The molecule has 0 saturated carbocycles. The molecule has 1 aromatic carbocycles. The van der Waals surface area contributed by atoms with Crippen molar-refractivity contribution in [1.82, 2.24) is 15.0 Å². The number of anilines is 1. The van der Waals surface area contributed by atoms with Crippen molar-refractivity contribution in [3.05, 3.63) is 30.2 Å². The zero-order chi connectivity index (χ0) is 18.8. The first kappa shape index (κ1) is 17.9. The predicted octanol–water partition coefficient (Wildman–Crippen LogP) is 1.32. The number of aliphatic hydroxyl groups excluding tert-OH is 1. The number of hydrogen-bond acceptors (Lipinski definition) is 7. The van der Waals surface area contributed by atoms with Gasteiger partial charge in [0.25, 0.3) is 0 Å². The van der Waals surface area contributed by atoms with Gasteiger partial charge in [-0.1, -0.05) is 5.16 Å². The van der Waals surface area contributed by atoms with E-state index in [1.165, 1.54) is 29.8 Å². The van der Waals surface area contributed by atoms with E-state index in [0.717, 1.165) is 18.7 Å². The molecule has 0 bridgehead atoms. The molecule has 2 fully saturated rings. The van der Waals surface area contributed by atoms with Crippen molar-refractivity contribution in [3.8, 4) is 11.4 Å². The van der Waals surface area contributed by atoms with Gasteiger partial charge < -0.3 is 25.2 Å². The molecule has 8 nitrogen and oxygen atoms in total. The molecule has 3 N–H and O–H groups in total. The molecule has 2 aliphatic heterocycles. The molecule has 3 heterocycles. The second kappa shape index (κ2) is 7.66. The molecule has 0 radical (unpaired) electrons. The van der Waals surface area contributed by atoms with Crippen LogP contribution in [0.5, 0.6) is 0 Å². The summed E-state index contributed by atoms with van der Waals surface area (Å²) in [7, 11) is 0. The Morgan fingerprint density at radius 1 is 1.22 bits per heavy atom. The molecule has 0 unspecified atom stereocenters. The highest BCUT2D eigenvalue weighted by molar-refractivity contribution is 5.78. The molecule has 0 aliphatic carbocycles. The van der Waals surface area contributed by atoms with Gasteiger partial charge in [-0.15, -0.1) is 0 Å². The normalized spacial score (nSPS) is 23.0. The van der Waals surface area contributed by atoms with E-state index in [9.17, 15) is 9.90 Å². The third-order valence-electron chi connectivity index (χ3n) is 5.35. The first-order valence-corrected chi connectivity index (χ1v) is 9.52. The maximum absolute atomic E-state index is 12.0. The number of aliphatic hydroxyl groups is 1. The number of likely N-dealkylation sites (tertiary alicyclic amines) is 1. The lowest BCUT2D eigenvalue weighted by Gasteiger charge is -2.28. The lowest BCUT2D eigenvalue weighted by atomic mass is 10.1. The Kier molecular flexibility index (Phi) is 5.09. The number of carbonyl (C=O) groups excluding carboxylic acids is 1. The van der Waals surface area contributed by atoms with Gasteiger partial charge in [0, 0.05) is 37.3 Å². The SMILES string of the molecule is NCC(=O)N1C[C@H](O)C[C@H]1c1nc(-c2ccc(N3CCCCC3)cc2)no1. The number of hydrogen-bond donors (Lipinski definition) is 2. The second-order valence-corrected chi connectivity index (χ2v) is 7.21. The van der Waals surface area contributed by atoms with E-state index in [-0.39, 0.29) is 19.0 Å². The number of nitrogens with two attached hydrogens (primary N) is 1. The lowest BCUT2D eigenvalue weighted by Crippen LogP contribution is -2.36. The minimum absolute atomic E-state index is 0.109. The van der Waals surface area contributed by atoms with Crippen LogP contribution in [0.4, 0.5) is 5.69 Å². The number of aromatic nitrogens is 2. The van der Waals surface area contributed by atoms with Crippen LogP contribution in [0.3, 0.4) is 0 Å². The van der Waals surface area contributed by atoms with Crippen molar-refractivity contribution in [2.75, 3.05) is 31.1 Å². The van der Waals surface area contributed by atoms with Gasteiger partial charge in [-0.3, -0.25) is 4.79 Å². The van der Waals surface area contributed by atoms with Gasteiger partial charge in [0.05, 0.1) is 12.6 Å². The van der Waals surface area contributed by atoms with Crippen LogP contribution in [-0.4, -0.2) is 58.3 Å². The van der Waals surface area contributed by atoms with Gasteiger partial charge >= 0.3 is 0 Å². The highest BCUT2D eigenvalue weighted by Gasteiger charge is 2.38. The molecule has 1 aromatic heterocycles. The van der Waals surface area contributed by atoms with Gasteiger partial charge in [0.2, 0.25) is 17.6 Å². The fourth-order valence-electron chi connectivity index (χ4n) is 3.90. The summed E-state index contributed by atoms with van der Waals surface area (Å²) in [6.07, 6.45) is 3.55. The Morgan fingerprint density at radius 2 is 1.96 bits per heavy atom. The number of amides is 1. The summed E-state index contributed by atoms with van der Waals surface area (Å²) in [5.41, 5.74) is 7.54. The minimum atomic E-state index is -0.607.